The van der Waals surface area contributed by atoms with Crippen LogP contribution in [-0.4, -0.2) is 243 Å². The van der Waals surface area contributed by atoms with Gasteiger partial charge in [0.15, 0.2) is 11.6 Å². The number of piperazine rings is 3. The summed E-state index contributed by atoms with van der Waals surface area (Å²) < 4.78 is 23.7. The number of benzene rings is 5. The Kier molecular flexibility index (Phi) is 34.2. The fourth-order valence-electron chi connectivity index (χ4n) is 17.4. The zero-order valence-electron chi connectivity index (χ0n) is 79.7. The van der Waals surface area contributed by atoms with Gasteiger partial charge in [-0.2, -0.15) is 0 Å². The Morgan fingerprint density at radius 2 is 0.874 bits per heavy atom. The number of Topliss-reactive ketones (excluding diaryl/α,β-unsaturated/α-hetero) is 2. The number of amides is 10. The molecular formula is C101H124BBr2N15O16. The average Bonchev–Trinajstić information content (AvgIpc) is 1.62. The van der Waals surface area contributed by atoms with Crippen molar-refractivity contribution in [3.05, 3.63) is 183 Å². The number of aliphatic imine (C=N–C) groups is 3. The molecule has 10 heterocycles. The van der Waals surface area contributed by atoms with E-state index < -0.39 is 42.4 Å². The Bertz CT molecular complexity index is 5580. The van der Waals surface area contributed by atoms with Gasteiger partial charge in [0.05, 0.1) is 69.0 Å². The van der Waals surface area contributed by atoms with Gasteiger partial charge in [-0.3, -0.25) is 62.9 Å². The third kappa shape index (κ3) is 25.6. The lowest BCUT2D eigenvalue weighted by Crippen LogP contribution is -2.60. The van der Waals surface area contributed by atoms with Crippen molar-refractivity contribution in [2.75, 3.05) is 60.0 Å². The summed E-state index contributed by atoms with van der Waals surface area (Å²) in [5, 5.41) is 13.6. The lowest BCUT2D eigenvalue weighted by atomic mass is 9.78. The molecule has 6 saturated heterocycles. The molecule has 9 aliphatic rings. The first kappa shape index (κ1) is 102. The van der Waals surface area contributed by atoms with Crippen LogP contribution in [0, 0.1) is 29.6 Å². The van der Waals surface area contributed by atoms with Crippen LogP contribution < -0.4 is 32.0 Å². The molecule has 0 unspecified atom stereocenters. The van der Waals surface area contributed by atoms with Crippen molar-refractivity contribution in [2.24, 2.45) is 44.6 Å². The predicted octanol–water partition coefficient (Wildman–Crippen LogP) is 12.9. The second-order valence-electron chi connectivity index (χ2n) is 38.1. The van der Waals surface area contributed by atoms with Crippen LogP contribution in [0.1, 0.15) is 188 Å². The van der Waals surface area contributed by atoms with E-state index in [2.05, 4.69) is 150 Å². The van der Waals surface area contributed by atoms with E-state index in [1.54, 1.807) is 40.3 Å². The van der Waals surface area contributed by atoms with Crippen molar-refractivity contribution in [1.82, 2.24) is 61.1 Å². The van der Waals surface area contributed by atoms with Gasteiger partial charge in [-0.05, 0) is 163 Å². The molecular weight excluding hydrogens is 1850 g/mol. The van der Waals surface area contributed by atoms with Crippen LogP contribution in [0.3, 0.4) is 0 Å². The molecule has 0 radical (unpaired) electrons. The molecule has 135 heavy (non-hydrogen) atoms. The van der Waals surface area contributed by atoms with E-state index in [0.717, 1.165) is 113 Å². The predicted molar refractivity (Wildman–Crippen MR) is 525 cm³/mol. The minimum absolute atomic E-state index is 0.00673. The van der Waals surface area contributed by atoms with E-state index in [0.29, 0.717) is 50.3 Å². The molecule has 34 heteroatoms. The molecule has 7 atom stereocenters. The molecule has 6 aromatic rings. The highest BCUT2D eigenvalue weighted by atomic mass is 79.9. The van der Waals surface area contributed by atoms with Crippen molar-refractivity contribution in [3.63, 3.8) is 0 Å². The highest BCUT2D eigenvalue weighted by Crippen LogP contribution is 2.39. The quantitative estimate of drug-likeness (QED) is 0.0206. The van der Waals surface area contributed by atoms with Crippen LogP contribution in [0.25, 0.3) is 39.1 Å². The Labute approximate surface area is 806 Å². The molecule has 1 aromatic heterocycles. The zero-order chi connectivity index (χ0) is 97.6. The molecule has 0 aliphatic carbocycles. The van der Waals surface area contributed by atoms with Crippen molar-refractivity contribution < 1.29 is 76.3 Å². The maximum atomic E-state index is 13.5. The summed E-state index contributed by atoms with van der Waals surface area (Å²) in [5.74, 6) is -0.902. The molecule has 6 N–H and O–H groups in total. The number of halogens is 2. The van der Waals surface area contributed by atoms with Gasteiger partial charge in [0.1, 0.15) is 55.7 Å². The van der Waals surface area contributed by atoms with E-state index in [-0.39, 0.29) is 164 Å². The van der Waals surface area contributed by atoms with Gasteiger partial charge in [0.2, 0.25) is 47.3 Å². The molecule has 10 amide bonds. The van der Waals surface area contributed by atoms with Crippen LogP contribution >= 0.6 is 31.9 Å². The third-order valence-electron chi connectivity index (χ3n) is 25.9. The summed E-state index contributed by atoms with van der Waals surface area (Å²) >= 11 is 6.73. The molecule has 15 rings (SSSR count). The first-order chi connectivity index (χ1) is 64.2. The number of H-pyrrole nitrogens is 1. The van der Waals surface area contributed by atoms with Crippen LogP contribution in [0.15, 0.2) is 170 Å². The van der Waals surface area contributed by atoms with Crippen LogP contribution in [0.5, 0.6) is 0 Å². The third-order valence-corrected chi connectivity index (χ3v) is 27.0. The monoisotopic (exact) mass is 1970 g/mol. The van der Waals surface area contributed by atoms with E-state index in [1.165, 1.54) is 19.1 Å². The highest BCUT2D eigenvalue weighted by molar-refractivity contribution is 9.10. The summed E-state index contributed by atoms with van der Waals surface area (Å²) in [5.41, 5.74) is 14.3. The van der Waals surface area contributed by atoms with Gasteiger partial charge in [0.25, 0.3) is 0 Å². The Balaban J connectivity index is 0.000000170. The van der Waals surface area contributed by atoms with Crippen molar-refractivity contribution in [2.45, 2.75) is 215 Å². The van der Waals surface area contributed by atoms with Gasteiger partial charge in [-0.25, -0.2) is 14.6 Å². The Morgan fingerprint density at radius 1 is 0.489 bits per heavy atom. The van der Waals surface area contributed by atoms with Crippen LogP contribution in [0.4, 0.5) is 9.59 Å². The number of nitrogens with zero attached hydrogens (tertiary/aromatic N) is 9. The molecule has 31 nitrogen and oxygen atoms in total. The standard InChI is InChI=1S/C38H45N7O5.C27H38BN3O5.C18H20BrN3O2.C18H21BrN2O4/c1-22(2)34-36(47)44(21-33(46)42-34)20-32-40-19-30(41-32)27-14-12-25(13-15-27)24-8-10-26(11-9-24)28-17-29(39-18-28)31-7-6-16-45(31)37(48)35(23(3)4)43-38(49)50-5;1-17(2)23(30-25(33)34-7)24(32)31-14-8-9-22(31)21-15-19(16-29-21)18-10-12-20(13-11-18)28-35-26(3,4)27(5,6)36-28;1-11(2)17-18(24)22(10-16(23)21-17)9-15-7-13(8-20-15)12-3-5-14(19)6-4-12;1-11(2)17-18(25)21(10-16(24)20-17)9-14(22)7-8-15(23)12-3-5-13(19)6-4-12/h8-15,18-19,22-23,31,34-35H,6-7,16-17,20-21H2,1-5H3,(H,40,41)(H,42,46)(H,43,49);10-13,16-17,22-23H,8-9,14-15H2,1-7H3,(H,30,33);3-6,8,11,17H,7,9-10H2,1-2H3,(H,21,23);3-6,11,17H,7-10H2,1-2H3,(H,20,24)/t31-,34-,35-;22-,23-;2*17-/m0000/s1. The smallest absolute Gasteiger partial charge is 0.453 e. The number of likely N-dealkylation sites (tertiary alicyclic amines) is 2. The lowest BCUT2D eigenvalue weighted by molar-refractivity contribution is -0.147. The fourth-order valence-corrected chi connectivity index (χ4v) is 17.9. The number of carbonyl (C=O) groups is 12. The van der Waals surface area contributed by atoms with Gasteiger partial charge in [-0.1, -0.05) is 198 Å². The minimum Gasteiger partial charge on any atom is -0.453 e. The van der Waals surface area contributed by atoms with E-state index in [9.17, 15) is 57.5 Å². The number of nitrogens with one attached hydrogen (secondary N) is 6. The average molecular weight is 1970 g/mol. The second-order valence-corrected chi connectivity index (χ2v) is 39.9. The molecule has 6 fully saturated rings. The minimum atomic E-state index is -0.656. The Morgan fingerprint density at radius 3 is 1.31 bits per heavy atom. The van der Waals surface area contributed by atoms with Gasteiger partial charge in [0, 0.05) is 95.4 Å². The summed E-state index contributed by atoms with van der Waals surface area (Å²) in [6.07, 6.45) is 11.9. The topological polar surface area (TPSA) is 384 Å². The molecule has 0 spiro atoms. The lowest BCUT2D eigenvalue weighted by Gasteiger charge is -2.34. The number of aromatic nitrogens is 2. The van der Waals surface area contributed by atoms with Gasteiger partial charge < -0.3 is 74.8 Å². The van der Waals surface area contributed by atoms with Crippen LogP contribution in [-0.2, 0) is 68.5 Å². The number of rotatable bonds is 27. The number of hydrogen-bond acceptors (Lipinski definition) is 20. The summed E-state index contributed by atoms with van der Waals surface area (Å²) in [4.78, 5) is 178. The summed E-state index contributed by atoms with van der Waals surface area (Å²) in [6.45, 7) is 29.1. The second kappa shape index (κ2) is 45.2. The number of imidazole rings is 1. The summed E-state index contributed by atoms with van der Waals surface area (Å²) in [6, 6.07) is 36.9. The first-order valence-corrected chi connectivity index (χ1v) is 47.8. The highest BCUT2D eigenvalue weighted by Gasteiger charge is 2.52. The zero-order valence-corrected chi connectivity index (χ0v) is 82.9. The number of methoxy groups -OCH3 is 2. The number of ether oxygens (including phenoxy) is 2. The molecule has 716 valence electrons. The summed E-state index contributed by atoms with van der Waals surface area (Å²) in [7, 11) is 2.21. The van der Waals surface area contributed by atoms with Gasteiger partial charge in [-0.15, -0.1) is 0 Å². The van der Waals surface area contributed by atoms with Crippen molar-refractivity contribution in [3.8, 4) is 22.4 Å². The molecule has 9 aliphatic heterocycles. The van der Waals surface area contributed by atoms with E-state index in [4.69, 9.17) is 28.8 Å². The van der Waals surface area contributed by atoms with E-state index in [1.807, 2.05) is 146 Å². The fraction of sp³-hybridized carbons (Fsp3) is 0.465. The number of ketones is 2. The number of aromatic amines is 1. The number of carbonyl (C=O) groups excluding carboxylic acids is 12. The number of allylic oxidation sites excluding steroid dienone is 3. The number of hydrogen-bond donors (Lipinski definition) is 6. The van der Waals surface area contributed by atoms with E-state index >= 15 is 0 Å². The maximum absolute atomic E-state index is 13.5. The van der Waals surface area contributed by atoms with Gasteiger partial charge >= 0.3 is 19.3 Å². The van der Waals surface area contributed by atoms with Crippen molar-refractivity contribution >= 4 is 149 Å². The Hall–Kier alpha value is -11.9. The van der Waals surface area contributed by atoms with Crippen LogP contribution in [0.2, 0.25) is 0 Å². The number of alkyl carbamates (subject to hydrolysis) is 2. The van der Waals surface area contributed by atoms with Crippen molar-refractivity contribution in [1.29, 1.82) is 0 Å². The SMILES string of the molecule is CC(C)[C@@H]1NC(=O)CN(CC(=O)CCC(=O)c2ccc(Br)cc2)C1=O.CC(C)[C@@H]1NC(=O)CN(CC2=NC=C(c3ccc(Br)cc3)C2)C1=O.COC(=O)N[C@H](C(=O)N1CCC[C@H]1C1=NC=C(c2ccc(-c3ccc(-c4cnc(CN5CC(=O)N[C@@H](C(C)C)C5=O)[nH]4)cc3)cc2)C1)C(C)C.COC(=O)N[C@H](C(=O)N1CCC[C@H]1C1=NC=C(c2ccc(B3OC(C)(C)C(C)(C)O3)cc2)C1)C(C)C. The maximum Gasteiger partial charge on any atom is 0.494 e. The first-order valence-electron chi connectivity index (χ1n) is 46.2. The molecule has 0 saturated carbocycles. The largest absolute Gasteiger partial charge is 0.494 e. The molecule has 5 aromatic carbocycles. The molecule has 0 bridgehead atoms. The normalized spacial score (nSPS) is 20.6.